The van der Waals surface area contributed by atoms with E-state index >= 15 is 0 Å². The molecular formula is C20H20FN3OS2. The van der Waals surface area contributed by atoms with Gasteiger partial charge in [-0.1, -0.05) is 23.5 Å². The molecule has 0 spiro atoms. The van der Waals surface area contributed by atoms with Crippen molar-refractivity contribution in [3.05, 3.63) is 54.3 Å². The van der Waals surface area contributed by atoms with E-state index in [1.807, 2.05) is 23.1 Å². The highest BCUT2D eigenvalue weighted by Crippen LogP contribution is 2.29. The number of aromatic nitrogens is 1. The molecule has 2 heterocycles. The van der Waals surface area contributed by atoms with Gasteiger partial charge < -0.3 is 9.80 Å². The molecule has 7 heteroatoms. The Morgan fingerprint density at radius 2 is 1.81 bits per heavy atom. The van der Waals surface area contributed by atoms with Crippen molar-refractivity contribution in [1.82, 2.24) is 9.88 Å². The topological polar surface area (TPSA) is 36.4 Å². The third-order valence-electron chi connectivity index (χ3n) is 4.58. The quantitative estimate of drug-likeness (QED) is 0.599. The third kappa shape index (κ3) is 4.42. The normalized spacial score (nSPS) is 14.7. The number of thiazole rings is 1. The smallest absolute Gasteiger partial charge is 0.223 e. The second-order valence-corrected chi connectivity index (χ2v) is 8.56. The minimum absolute atomic E-state index is 0.188. The van der Waals surface area contributed by atoms with E-state index in [0.717, 1.165) is 41.7 Å². The third-order valence-corrected chi connectivity index (χ3v) is 6.69. The summed E-state index contributed by atoms with van der Waals surface area (Å²) >= 11 is 3.30. The van der Waals surface area contributed by atoms with Crippen molar-refractivity contribution >= 4 is 44.4 Å². The van der Waals surface area contributed by atoms with Crippen molar-refractivity contribution in [2.24, 2.45) is 0 Å². The standard InChI is InChI=1S/C20H20FN3OS2/c21-15-5-7-16(8-6-15)26-14-9-19(25)23-10-12-24(13-11-23)20-22-17-3-1-2-4-18(17)27-20/h1-8H,9-14H2. The first-order valence-corrected chi connectivity index (χ1v) is 10.8. The van der Waals surface area contributed by atoms with Crippen molar-refractivity contribution in [2.45, 2.75) is 11.3 Å². The molecule has 1 aromatic heterocycles. The van der Waals surface area contributed by atoms with Gasteiger partial charge in [0.25, 0.3) is 0 Å². The van der Waals surface area contributed by atoms with Gasteiger partial charge in [0.1, 0.15) is 5.82 Å². The van der Waals surface area contributed by atoms with Crippen LogP contribution < -0.4 is 4.90 Å². The van der Waals surface area contributed by atoms with Crippen LogP contribution in [0.3, 0.4) is 0 Å². The number of piperazine rings is 1. The number of amides is 1. The molecule has 4 nitrogen and oxygen atoms in total. The zero-order valence-corrected chi connectivity index (χ0v) is 16.4. The lowest BCUT2D eigenvalue weighted by Gasteiger charge is -2.34. The molecule has 1 saturated heterocycles. The number of anilines is 1. The summed E-state index contributed by atoms with van der Waals surface area (Å²) < 4.78 is 14.1. The first kappa shape index (κ1) is 18.3. The monoisotopic (exact) mass is 401 g/mol. The molecule has 140 valence electrons. The number of nitrogens with zero attached hydrogens (tertiary/aromatic N) is 3. The molecule has 0 bridgehead atoms. The molecule has 0 saturated carbocycles. The van der Waals surface area contributed by atoms with Crippen LogP contribution in [0.25, 0.3) is 10.2 Å². The van der Waals surface area contributed by atoms with Crippen LogP contribution in [0.1, 0.15) is 6.42 Å². The predicted octanol–water partition coefficient (Wildman–Crippen LogP) is 4.27. The number of carbonyl (C=O) groups excluding carboxylic acids is 1. The maximum Gasteiger partial charge on any atom is 0.223 e. The molecule has 0 atom stereocenters. The number of benzene rings is 2. The van der Waals surface area contributed by atoms with Crippen molar-refractivity contribution < 1.29 is 9.18 Å². The summed E-state index contributed by atoms with van der Waals surface area (Å²) in [7, 11) is 0. The molecule has 0 radical (unpaired) electrons. The average molecular weight is 402 g/mol. The Kier molecular flexibility index (Phi) is 5.59. The molecule has 1 fully saturated rings. The van der Waals surface area contributed by atoms with E-state index in [0.29, 0.717) is 12.2 Å². The second-order valence-electron chi connectivity index (χ2n) is 6.38. The Balaban J connectivity index is 1.25. The highest BCUT2D eigenvalue weighted by molar-refractivity contribution is 7.99. The molecule has 2 aromatic carbocycles. The Morgan fingerprint density at radius 3 is 2.56 bits per heavy atom. The number of hydrogen-bond donors (Lipinski definition) is 0. The van der Waals surface area contributed by atoms with Crippen LogP contribution in [-0.4, -0.2) is 47.7 Å². The summed E-state index contributed by atoms with van der Waals surface area (Å²) in [4.78, 5) is 22.3. The number of rotatable bonds is 5. The number of hydrogen-bond acceptors (Lipinski definition) is 5. The van der Waals surface area contributed by atoms with Gasteiger partial charge in [-0.15, -0.1) is 11.8 Å². The SMILES string of the molecule is O=C(CCSc1ccc(F)cc1)N1CCN(c2nc3ccccc3s2)CC1. The first-order valence-electron chi connectivity index (χ1n) is 8.96. The summed E-state index contributed by atoms with van der Waals surface area (Å²) in [6, 6.07) is 14.6. The van der Waals surface area contributed by atoms with Crippen molar-refractivity contribution in [1.29, 1.82) is 0 Å². The highest BCUT2D eigenvalue weighted by Gasteiger charge is 2.22. The van der Waals surface area contributed by atoms with Crippen LogP contribution in [0.15, 0.2) is 53.4 Å². The van der Waals surface area contributed by atoms with Gasteiger partial charge in [-0.2, -0.15) is 0 Å². The van der Waals surface area contributed by atoms with Gasteiger partial charge in [0.2, 0.25) is 5.91 Å². The molecule has 1 aliphatic rings. The van der Waals surface area contributed by atoms with Gasteiger partial charge >= 0.3 is 0 Å². The Bertz CT molecular complexity index is 887. The fourth-order valence-corrected chi connectivity index (χ4v) is 4.95. The maximum atomic E-state index is 12.9. The Morgan fingerprint density at radius 1 is 1.07 bits per heavy atom. The summed E-state index contributed by atoms with van der Waals surface area (Å²) in [6.07, 6.45) is 0.503. The lowest BCUT2D eigenvalue weighted by atomic mass is 10.3. The van der Waals surface area contributed by atoms with Crippen LogP contribution >= 0.6 is 23.1 Å². The van der Waals surface area contributed by atoms with E-state index in [-0.39, 0.29) is 11.7 Å². The zero-order chi connectivity index (χ0) is 18.6. The first-order chi connectivity index (χ1) is 13.2. The minimum Gasteiger partial charge on any atom is -0.345 e. The van der Waals surface area contributed by atoms with Gasteiger partial charge in [-0.25, -0.2) is 9.37 Å². The number of thioether (sulfide) groups is 1. The van der Waals surface area contributed by atoms with Crippen LogP contribution in [0.2, 0.25) is 0 Å². The molecule has 0 aliphatic carbocycles. The van der Waals surface area contributed by atoms with Crippen molar-refractivity contribution in [3.8, 4) is 0 Å². The molecule has 27 heavy (non-hydrogen) atoms. The number of para-hydroxylation sites is 1. The molecule has 1 amide bonds. The van der Waals surface area contributed by atoms with Gasteiger partial charge in [0.05, 0.1) is 10.2 Å². The lowest BCUT2D eigenvalue weighted by molar-refractivity contribution is -0.131. The minimum atomic E-state index is -0.235. The molecule has 0 unspecified atom stereocenters. The number of carbonyl (C=O) groups is 1. The van der Waals surface area contributed by atoms with Crippen LogP contribution in [0.5, 0.6) is 0 Å². The van der Waals surface area contributed by atoms with Crippen LogP contribution in [-0.2, 0) is 4.79 Å². The number of fused-ring (bicyclic) bond motifs is 1. The highest BCUT2D eigenvalue weighted by atomic mass is 32.2. The summed E-state index contributed by atoms with van der Waals surface area (Å²) in [5, 5.41) is 1.04. The van der Waals surface area contributed by atoms with E-state index in [1.165, 1.54) is 16.8 Å². The fourth-order valence-electron chi connectivity index (χ4n) is 3.09. The van der Waals surface area contributed by atoms with Gasteiger partial charge in [-0.05, 0) is 36.4 Å². The molecule has 1 aliphatic heterocycles. The van der Waals surface area contributed by atoms with E-state index in [2.05, 4.69) is 11.0 Å². The van der Waals surface area contributed by atoms with Crippen LogP contribution in [0, 0.1) is 5.82 Å². The number of halogens is 1. The lowest BCUT2D eigenvalue weighted by Crippen LogP contribution is -2.48. The molecule has 4 rings (SSSR count). The maximum absolute atomic E-state index is 12.9. The van der Waals surface area contributed by atoms with E-state index in [9.17, 15) is 9.18 Å². The summed E-state index contributed by atoms with van der Waals surface area (Å²) in [5.41, 5.74) is 1.04. The molecular weight excluding hydrogens is 381 g/mol. The Hall–Kier alpha value is -2.12. The van der Waals surface area contributed by atoms with Crippen molar-refractivity contribution in [3.63, 3.8) is 0 Å². The van der Waals surface area contributed by atoms with Crippen molar-refractivity contribution in [2.75, 3.05) is 36.8 Å². The Labute approximate surface area is 166 Å². The fraction of sp³-hybridized carbons (Fsp3) is 0.300. The van der Waals surface area contributed by atoms with E-state index in [1.54, 1.807) is 35.2 Å². The zero-order valence-electron chi connectivity index (χ0n) is 14.8. The van der Waals surface area contributed by atoms with E-state index in [4.69, 9.17) is 4.98 Å². The summed E-state index contributed by atoms with van der Waals surface area (Å²) in [6.45, 7) is 3.10. The van der Waals surface area contributed by atoms with Crippen LogP contribution in [0.4, 0.5) is 9.52 Å². The predicted molar refractivity (Wildman–Crippen MR) is 110 cm³/mol. The van der Waals surface area contributed by atoms with Gasteiger partial charge in [0.15, 0.2) is 5.13 Å². The van der Waals surface area contributed by atoms with Gasteiger partial charge in [-0.3, -0.25) is 4.79 Å². The second kappa shape index (κ2) is 8.27. The molecule has 0 N–H and O–H groups in total. The largest absolute Gasteiger partial charge is 0.345 e. The average Bonchev–Trinajstić information content (AvgIpc) is 3.14. The summed E-state index contributed by atoms with van der Waals surface area (Å²) in [5.74, 6) is 0.665. The van der Waals surface area contributed by atoms with E-state index < -0.39 is 0 Å². The molecule has 3 aromatic rings. The van der Waals surface area contributed by atoms with Gasteiger partial charge in [0, 0.05) is 43.2 Å².